The van der Waals surface area contributed by atoms with Crippen molar-refractivity contribution in [1.29, 1.82) is 5.26 Å². The van der Waals surface area contributed by atoms with Gasteiger partial charge in [-0.2, -0.15) is 9.57 Å². The van der Waals surface area contributed by atoms with Crippen LogP contribution in [0.3, 0.4) is 0 Å². The van der Waals surface area contributed by atoms with Crippen molar-refractivity contribution in [2.45, 2.75) is 4.90 Å². The third-order valence-corrected chi connectivity index (χ3v) is 4.38. The molecule has 92 valence electrons. The molecule has 7 heteroatoms. The molecule has 1 rings (SSSR count). The Morgan fingerprint density at radius 2 is 2.18 bits per heavy atom. The number of hydrogen-bond donors (Lipinski definition) is 1. The van der Waals surface area contributed by atoms with Gasteiger partial charge in [0, 0.05) is 20.1 Å². The lowest BCUT2D eigenvalue weighted by atomic mass is 10.2. The highest BCUT2D eigenvalue weighted by Gasteiger charge is 2.20. The van der Waals surface area contributed by atoms with Crippen molar-refractivity contribution in [3.63, 3.8) is 0 Å². The molecular formula is C10H12ClN3O2S. The Balaban J connectivity index is 3.18. The molecule has 0 saturated carbocycles. The molecule has 1 aromatic rings. The van der Waals surface area contributed by atoms with Gasteiger partial charge < -0.3 is 5.73 Å². The zero-order valence-electron chi connectivity index (χ0n) is 9.22. The fourth-order valence-corrected chi connectivity index (χ4v) is 2.73. The number of nitriles is 1. The van der Waals surface area contributed by atoms with Crippen LogP contribution in [0.1, 0.15) is 5.56 Å². The smallest absolute Gasteiger partial charge is 0.242 e. The quantitative estimate of drug-likeness (QED) is 0.879. The van der Waals surface area contributed by atoms with Crippen LogP contribution in [0.2, 0.25) is 5.02 Å². The first-order valence-corrected chi connectivity index (χ1v) is 6.61. The molecule has 5 nitrogen and oxygen atoms in total. The highest BCUT2D eigenvalue weighted by atomic mass is 35.5. The lowest BCUT2D eigenvalue weighted by Gasteiger charge is -2.16. The summed E-state index contributed by atoms with van der Waals surface area (Å²) in [6.45, 7) is 0.458. The largest absolute Gasteiger partial charge is 0.329 e. The van der Waals surface area contributed by atoms with Crippen molar-refractivity contribution < 1.29 is 8.42 Å². The van der Waals surface area contributed by atoms with Gasteiger partial charge in [-0.15, -0.1) is 0 Å². The van der Waals surface area contributed by atoms with Gasteiger partial charge in [-0.25, -0.2) is 8.42 Å². The highest BCUT2D eigenvalue weighted by Crippen LogP contribution is 2.22. The van der Waals surface area contributed by atoms with Gasteiger partial charge in [0.25, 0.3) is 0 Å². The number of hydrogen-bond acceptors (Lipinski definition) is 4. The topological polar surface area (TPSA) is 87.2 Å². The van der Waals surface area contributed by atoms with Gasteiger partial charge in [0.05, 0.1) is 15.5 Å². The Morgan fingerprint density at radius 3 is 2.65 bits per heavy atom. The Labute approximate surface area is 105 Å². The molecule has 17 heavy (non-hydrogen) atoms. The second-order valence-electron chi connectivity index (χ2n) is 3.37. The normalized spacial score (nSPS) is 11.5. The molecular weight excluding hydrogens is 262 g/mol. The molecule has 0 bridgehead atoms. The number of halogens is 1. The van der Waals surface area contributed by atoms with E-state index < -0.39 is 10.0 Å². The lowest BCUT2D eigenvalue weighted by Crippen LogP contribution is -2.31. The molecule has 0 heterocycles. The van der Waals surface area contributed by atoms with Crippen molar-refractivity contribution >= 4 is 21.6 Å². The van der Waals surface area contributed by atoms with E-state index in [0.29, 0.717) is 0 Å². The summed E-state index contributed by atoms with van der Waals surface area (Å²) in [5.41, 5.74) is 5.55. The van der Waals surface area contributed by atoms with Crippen LogP contribution < -0.4 is 5.73 Å². The highest BCUT2D eigenvalue weighted by molar-refractivity contribution is 7.89. The van der Waals surface area contributed by atoms with Crippen LogP contribution in [0.15, 0.2) is 23.1 Å². The van der Waals surface area contributed by atoms with Gasteiger partial charge in [0.1, 0.15) is 6.07 Å². The summed E-state index contributed by atoms with van der Waals surface area (Å²) in [6, 6.07) is 5.87. The van der Waals surface area contributed by atoms with E-state index >= 15 is 0 Å². The Morgan fingerprint density at radius 1 is 1.53 bits per heavy atom. The number of nitrogens with zero attached hydrogens (tertiary/aromatic N) is 2. The van der Waals surface area contributed by atoms with Crippen LogP contribution in [-0.4, -0.2) is 32.9 Å². The molecule has 2 N–H and O–H groups in total. The summed E-state index contributed by atoms with van der Waals surface area (Å²) in [5, 5.41) is 8.81. The first-order valence-electron chi connectivity index (χ1n) is 4.79. The van der Waals surface area contributed by atoms with E-state index in [1.807, 2.05) is 6.07 Å². The molecule has 0 amide bonds. The van der Waals surface area contributed by atoms with Gasteiger partial charge in [-0.05, 0) is 18.2 Å². The molecule has 1 aromatic carbocycles. The first kappa shape index (κ1) is 13.9. The number of likely N-dealkylation sites (N-methyl/N-ethyl adjacent to an activating group) is 1. The Bertz CT molecular complexity index is 551. The van der Waals surface area contributed by atoms with Gasteiger partial charge in [0.15, 0.2) is 0 Å². The SMILES string of the molecule is CN(CCN)S(=O)(=O)c1ccc(C#N)c(Cl)c1. The van der Waals surface area contributed by atoms with Crippen molar-refractivity contribution in [2.75, 3.05) is 20.1 Å². The number of sulfonamides is 1. The lowest BCUT2D eigenvalue weighted by molar-refractivity contribution is 0.476. The van der Waals surface area contributed by atoms with E-state index in [0.717, 1.165) is 4.31 Å². The average Bonchev–Trinajstić information content (AvgIpc) is 2.29. The molecule has 0 aromatic heterocycles. The minimum atomic E-state index is -3.59. The summed E-state index contributed by atoms with van der Waals surface area (Å²) >= 11 is 5.79. The average molecular weight is 274 g/mol. The Hall–Kier alpha value is -1.13. The fourth-order valence-electron chi connectivity index (χ4n) is 1.23. The van der Waals surface area contributed by atoms with Crippen molar-refractivity contribution in [3.8, 4) is 6.07 Å². The molecule has 0 fully saturated rings. The molecule has 0 spiro atoms. The Kier molecular flexibility index (Phi) is 4.48. The zero-order chi connectivity index (χ0) is 13.1. The van der Waals surface area contributed by atoms with Crippen LogP contribution in [0.25, 0.3) is 0 Å². The van der Waals surface area contributed by atoms with E-state index in [1.54, 1.807) is 0 Å². The van der Waals surface area contributed by atoms with Crippen LogP contribution in [0, 0.1) is 11.3 Å². The maximum Gasteiger partial charge on any atom is 0.242 e. The van der Waals surface area contributed by atoms with E-state index in [1.165, 1.54) is 25.2 Å². The van der Waals surface area contributed by atoms with Crippen LogP contribution in [-0.2, 0) is 10.0 Å². The molecule has 0 aliphatic heterocycles. The third kappa shape index (κ3) is 2.96. The predicted molar refractivity (Wildman–Crippen MR) is 65.0 cm³/mol. The molecule has 0 aliphatic carbocycles. The predicted octanol–water partition coefficient (Wildman–Crippen LogP) is 0.791. The fraction of sp³-hybridized carbons (Fsp3) is 0.300. The second kappa shape index (κ2) is 5.47. The number of nitrogens with two attached hydrogens (primary N) is 1. The molecule has 0 unspecified atom stereocenters. The molecule has 0 radical (unpaired) electrons. The zero-order valence-corrected chi connectivity index (χ0v) is 10.8. The number of rotatable bonds is 4. The minimum absolute atomic E-state index is 0.0532. The monoisotopic (exact) mass is 273 g/mol. The summed E-state index contributed by atoms with van der Waals surface area (Å²) in [7, 11) is -2.15. The van der Waals surface area contributed by atoms with E-state index in [4.69, 9.17) is 22.6 Å². The number of benzene rings is 1. The van der Waals surface area contributed by atoms with E-state index in [2.05, 4.69) is 0 Å². The van der Waals surface area contributed by atoms with Crippen molar-refractivity contribution in [3.05, 3.63) is 28.8 Å². The van der Waals surface area contributed by atoms with Crippen molar-refractivity contribution in [2.24, 2.45) is 5.73 Å². The molecule has 0 atom stereocenters. The van der Waals surface area contributed by atoms with E-state index in [9.17, 15) is 8.42 Å². The standard InChI is InChI=1S/C10H12ClN3O2S/c1-14(5-4-12)17(15,16)9-3-2-8(7-13)10(11)6-9/h2-3,6H,4-5,12H2,1H3. The van der Waals surface area contributed by atoms with Gasteiger partial charge >= 0.3 is 0 Å². The summed E-state index contributed by atoms with van der Waals surface area (Å²) in [4.78, 5) is 0.0532. The summed E-state index contributed by atoms with van der Waals surface area (Å²) < 4.78 is 25.1. The van der Waals surface area contributed by atoms with Crippen LogP contribution in [0.5, 0.6) is 0 Å². The third-order valence-electron chi connectivity index (χ3n) is 2.21. The van der Waals surface area contributed by atoms with Gasteiger partial charge in [-0.1, -0.05) is 11.6 Å². The van der Waals surface area contributed by atoms with Crippen molar-refractivity contribution in [1.82, 2.24) is 4.31 Å². The van der Waals surface area contributed by atoms with E-state index in [-0.39, 0.29) is 28.6 Å². The molecule has 0 saturated heterocycles. The summed E-state index contributed by atoms with van der Waals surface area (Å²) in [5.74, 6) is 0. The first-order chi connectivity index (χ1) is 7.93. The maximum atomic E-state index is 12.0. The minimum Gasteiger partial charge on any atom is -0.329 e. The van der Waals surface area contributed by atoms with Gasteiger partial charge in [0.2, 0.25) is 10.0 Å². The molecule has 0 aliphatic rings. The van der Waals surface area contributed by atoms with Crippen LogP contribution >= 0.6 is 11.6 Å². The maximum absolute atomic E-state index is 12.0. The second-order valence-corrected chi connectivity index (χ2v) is 5.82. The van der Waals surface area contributed by atoms with Crippen LogP contribution in [0.4, 0.5) is 0 Å². The van der Waals surface area contributed by atoms with Gasteiger partial charge in [-0.3, -0.25) is 0 Å². The summed E-state index contributed by atoms with van der Waals surface area (Å²) in [6.07, 6.45) is 0.